The maximum atomic E-state index is 5.31. The summed E-state index contributed by atoms with van der Waals surface area (Å²) in [5.41, 5.74) is 6.92. The van der Waals surface area contributed by atoms with E-state index in [2.05, 4.69) is 121 Å². The van der Waals surface area contributed by atoms with E-state index in [0.29, 0.717) is 12.0 Å². The number of rotatable bonds is 14. The topological polar surface area (TPSA) is 21.3 Å². The van der Waals surface area contributed by atoms with Crippen molar-refractivity contribution in [2.75, 3.05) is 13.7 Å². The fraction of sp³-hybridized carbons (Fsp3) is 0.314. The fourth-order valence-corrected chi connectivity index (χ4v) is 5.17. The zero-order valence-electron chi connectivity index (χ0n) is 22.4. The van der Waals surface area contributed by atoms with Crippen molar-refractivity contribution in [3.05, 3.63) is 137 Å². The predicted molar refractivity (Wildman–Crippen MR) is 156 cm³/mol. The molecular weight excluding hydrogens is 450 g/mol. The molecule has 0 spiro atoms. The average Bonchev–Trinajstić information content (AvgIpc) is 2.96. The maximum Gasteiger partial charge on any atom is 0.118 e. The van der Waals surface area contributed by atoms with Gasteiger partial charge in [-0.25, -0.2) is 0 Å². The lowest BCUT2D eigenvalue weighted by atomic mass is 9.83. The van der Waals surface area contributed by atoms with Crippen LogP contribution in [0.3, 0.4) is 0 Å². The third-order valence-corrected chi connectivity index (χ3v) is 7.31. The molecule has 2 nitrogen and oxygen atoms in total. The molecule has 0 aliphatic carbocycles. The van der Waals surface area contributed by atoms with E-state index >= 15 is 0 Å². The van der Waals surface area contributed by atoms with Crippen LogP contribution < -0.4 is 10.1 Å². The molecule has 0 heterocycles. The molecule has 0 radical (unpaired) electrons. The predicted octanol–water partition coefficient (Wildman–Crippen LogP) is 8.46. The monoisotopic (exact) mass is 491 g/mol. The van der Waals surface area contributed by atoms with Crippen molar-refractivity contribution in [1.82, 2.24) is 5.32 Å². The highest BCUT2D eigenvalue weighted by Crippen LogP contribution is 2.35. The second-order valence-corrected chi connectivity index (χ2v) is 10.0. The second-order valence-electron chi connectivity index (χ2n) is 10.0. The molecule has 0 aliphatic heterocycles. The average molecular weight is 492 g/mol. The van der Waals surface area contributed by atoms with Crippen LogP contribution in [0.1, 0.15) is 65.5 Å². The minimum atomic E-state index is 0.294. The summed E-state index contributed by atoms with van der Waals surface area (Å²) in [6.45, 7) is 3.15. The van der Waals surface area contributed by atoms with Gasteiger partial charge in [-0.3, -0.25) is 0 Å². The van der Waals surface area contributed by atoms with Crippen LogP contribution in [0.25, 0.3) is 0 Å². The molecule has 0 saturated carbocycles. The largest absolute Gasteiger partial charge is 0.497 e. The number of hydrogen-bond acceptors (Lipinski definition) is 2. The molecule has 192 valence electrons. The number of ether oxygens (including phenoxy) is 1. The molecule has 0 amide bonds. The third-order valence-electron chi connectivity index (χ3n) is 7.31. The smallest absolute Gasteiger partial charge is 0.118 e. The van der Waals surface area contributed by atoms with Crippen LogP contribution >= 0.6 is 0 Å². The van der Waals surface area contributed by atoms with Gasteiger partial charge in [0.05, 0.1) is 7.11 Å². The zero-order valence-corrected chi connectivity index (χ0v) is 22.4. The Balaban J connectivity index is 1.42. The van der Waals surface area contributed by atoms with Crippen LogP contribution in [0.2, 0.25) is 0 Å². The number of benzene rings is 4. The molecule has 0 aliphatic rings. The van der Waals surface area contributed by atoms with E-state index in [1.807, 2.05) is 0 Å². The lowest BCUT2D eigenvalue weighted by molar-refractivity contribution is 0.410. The summed E-state index contributed by atoms with van der Waals surface area (Å²) in [5.74, 6) is 1.35. The first kappa shape index (κ1) is 26.7. The van der Waals surface area contributed by atoms with Gasteiger partial charge in [-0.15, -0.1) is 0 Å². The molecule has 2 atom stereocenters. The molecule has 0 saturated heterocycles. The highest BCUT2D eigenvalue weighted by molar-refractivity contribution is 5.29. The van der Waals surface area contributed by atoms with Crippen LogP contribution in [0.5, 0.6) is 5.75 Å². The Morgan fingerprint density at radius 3 is 1.81 bits per heavy atom. The number of aryl methyl sites for hydroxylation is 3. The van der Waals surface area contributed by atoms with Crippen LogP contribution in [-0.4, -0.2) is 13.7 Å². The minimum absolute atomic E-state index is 0.294. The van der Waals surface area contributed by atoms with Crippen molar-refractivity contribution in [2.24, 2.45) is 0 Å². The fourth-order valence-electron chi connectivity index (χ4n) is 5.17. The van der Waals surface area contributed by atoms with Gasteiger partial charge in [0.2, 0.25) is 0 Å². The molecule has 37 heavy (non-hydrogen) atoms. The normalized spacial score (nSPS) is 12.7. The molecular formula is C35H41NO. The van der Waals surface area contributed by atoms with Crippen LogP contribution in [0.4, 0.5) is 0 Å². The Kier molecular flexibility index (Phi) is 10.4. The molecule has 4 aromatic carbocycles. The van der Waals surface area contributed by atoms with Crippen LogP contribution in [0.15, 0.2) is 109 Å². The van der Waals surface area contributed by atoms with Crippen molar-refractivity contribution >= 4 is 0 Å². The minimum Gasteiger partial charge on any atom is -0.497 e. The quantitative estimate of drug-likeness (QED) is 0.179. The molecule has 0 unspecified atom stereocenters. The van der Waals surface area contributed by atoms with Crippen LogP contribution in [-0.2, 0) is 12.8 Å². The summed E-state index contributed by atoms with van der Waals surface area (Å²) in [7, 11) is 1.72. The zero-order chi connectivity index (χ0) is 25.7. The van der Waals surface area contributed by atoms with E-state index in [0.717, 1.165) is 38.0 Å². The maximum absolute atomic E-state index is 5.31. The van der Waals surface area contributed by atoms with Gasteiger partial charge in [-0.05, 0) is 80.0 Å². The third kappa shape index (κ3) is 8.33. The summed E-state index contributed by atoms with van der Waals surface area (Å²) in [6, 6.07) is 39.9. The Morgan fingerprint density at radius 2 is 1.19 bits per heavy atom. The number of unbranched alkanes of at least 4 members (excludes halogenated alkanes) is 1. The lowest BCUT2D eigenvalue weighted by Crippen LogP contribution is -2.28. The summed E-state index contributed by atoms with van der Waals surface area (Å²) in [4.78, 5) is 0. The summed E-state index contributed by atoms with van der Waals surface area (Å²) in [6.07, 6.45) is 6.87. The van der Waals surface area contributed by atoms with Gasteiger partial charge < -0.3 is 10.1 Å². The second kappa shape index (κ2) is 14.4. The van der Waals surface area contributed by atoms with Gasteiger partial charge in [0.15, 0.2) is 0 Å². The first-order valence-corrected chi connectivity index (χ1v) is 13.7. The van der Waals surface area contributed by atoms with E-state index in [1.54, 1.807) is 7.11 Å². The van der Waals surface area contributed by atoms with E-state index in [1.165, 1.54) is 40.7 Å². The van der Waals surface area contributed by atoms with Gasteiger partial charge in [-0.1, -0.05) is 109 Å². The van der Waals surface area contributed by atoms with Crippen molar-refractivity contribution in [3.63, 3.8) is 0 Å². The Morgan fingerprint density at radius 1 is 0.622 bits per heavy atom. The molecule has 1 N–H and O–H groups in total. The summed E-state index contributed by atoms with van der Waals surface area (Å²) < 4.78 is 5.31. The van der Waals surface area contributed by atoms with Gasteiger partial charge in [0, 0.05) is 12.0 Å². The summed E-state index contributed by atoms with van der Waals surface area (Å²) >= 11 is 0. The van der Waals surface area contributed by atoms with Gasteiger partial charge in [0.25, 0.3) is 0 Å². The molecule has 0 fully saturated rings. The van der Waals surface area contributed by atoms with E-state index in [-0.39, 0.29) is 0 Å². The first-order chi connectivity index (χ1) is 18.2. The number of hydrogen-bond donors (Lipinski definition) is 1. The standard InChI is InChI=1S/C35H41NO/c1-28-19-21-30(22-20-28)13-11-27-36-35(32-16-7-4-8-17-32)34(31-14-5-3-6-15-31)18-10-9-12-29-23-25-33(37-2)26-24-29/h3-8,14-17,19-26,34-36H,9-13,18,27H2,1-2H3/t34-,35-/m1/s1. The van der Waals surface area contributed by atoms with Gasteiger partial charge in [-0.2, -0.15) is 0 Å². The SMILES string of the molecule is COc1ccc(CCCC[C@H](c2ccccc2)[C@H](NCCCc2ccc(C)cc2)c2ccccc2)cc1. The van der Waals surface area contributed by atoms with Gasteiger partial charge >= 0.3 is 0 Å². The Bertz CT molecular complexity index is 1150. The Labute approximate surface area is 223 Å². The summed E-state index contributed by atoms with van der Waals surface area (Å²) in [5, 5.41) is 3.97. The van der Waals surface area contributed by atoms with Crippen molar-refractivity contribution < 1.29 is 4.74 Å². The first-order valence-electron chi connectivity index (χ1n) is 13.7. The molecule has 4 rings (SSSR count). The van der Waals surface area contributed by atoms with Gasteiger partial charge in [0.1, 0.15) is 5.75 Å². The number of nitrogens with one attached hydrogen (secondary N) is 1. The Hall–Kier alpha value is -3.36. The van der Waals surface area contributed by atoms with Crippen LogP contribution in [0, 0.1) is 6.92 Å². The van der Waals surface area contributed by atoms with Crippen molar-refractivity contribution in [3.8, 4) is 5.75 Å². The van der Waals surface area contributed by atoms with E-state index in [9.17, 15) is 0 Å². The van der Waals surface area contributed by atoms with Crippen molar-refractivity contribution in [2.45, 2.75) is 57.4 Å². The number of methoxy groups -OCH3 is 1. The molecule has 2 heteroatoms. The van der Waals surface area contributed by atoms with E-state index < -0.39 is 0 Å². The van der Waals surface area contributed by atoms with Crippen molar-refractivity contribution in [1.29, 1.82) is 0 Å². The molecule has 0 bridgehead atoms. The van der Waals surface area contributed by atoms with E-state index in [4.69, 9.17) is 4.74 Å². The lowest BCUT2D eigenvalue weighted by Gasteiger charge is -2.30. The highest BCUT2D eigenvalue weighted by atomic mass is 16.5. The molecule has 0 aromatic heterocycles. The molecule has 4 aromatic rings. The highest BCUT2D eigenvalue weighted by Gasteiger charge is 2.24.